The number of hydrogen-bond acceptors (Lipinski definition) is 3. The van der Waals surface area contributed by atoms with Crippen molar-refractivity contribution in [1.29, 1.82) is 0 Å². The molecule has 2 aromatic carbocycles. The molecule has 0 fully saturated rings. The highest BCUT2D eigenvalue weighted by atomic mass is 32.1. The first-order valence-electron chi connectivity index (χ1n) is 8.42. The van der Waals surface area contributed by atoms with Crippen LogP contribution in [0.15, 0.2) is 54.6 Å². The Morgan fingerprint density at radius 2 is 1.81 bits per heavy atom. The lowest BCUT2D eigenvalue weighted by Gasteiger charge is -2.12. The molecule has 0 aromatic heterocycles. The number of benzene rings is 2. The van der Waals surface area contributed by atoms with E-state index in [9.17, 15) is 14.0 Å². The first-order valence-corrected chi connectivity index (χ1v) is 8.83. The molecule has 2 aromatic rings. The predicted molar refractivity (Wildman–Crippen MR) is 109 cm³/mol. The summed E-state index contributed by atoms with van der Waals surface area (Å²) in [5.74, 6) is -1.00. The second kappa shape index (κ2) is 10.2. The van der Waals surface area contributed by atoms with E-state index in [1.807, 2.05) is 6.92 Å². The molecule has 0 aliphatic rings. The summed E-state index contributed by atoms with van der Waals surface area (Å²) in [6.45, 7) is 2.54. The van der Waals surface area contributed by atoms with Gasteiger partial charge < -0.3 is 10.6 Å². The molecule has 27 heavy (non-hydrogen) atoms. The number of halogens is 1. The molecule has 3 N–H and O–H groups in total. The highest BCUT2D eigenvalue weighted by molar-refractivity contribution is 7.80. The summed E-state index contributed by atoms with van der Waals surface area (Å²) in [4.78, 5) is 24.2. The van der Waals surface area contributed by atoms with Gasteiger partial charge in [0.05, 0.1) is 11.3 Å². The van der Waals surface area contributed by atoms with Gasteiger partial charge in [-0.1, -0.05) is 31.2 Å². The van der Waals surface area contributed by atoms with Crippen LogP contribution in [0.5, 0.6) is 0 Å². The molecule has 0 unspecified atom stereocenters. The van der Waals surface area contributed by atoms with Crippen LogP contribution in [-0.2, 0) is 4.79 Å². The molecular formula is C20H20FN3O2S. The first kappa shape index (κ1) is 20.3. The third-order valence-electron chi connectivity index (χ3n) is 3.49. The van der Waals surface area contributed by atoms with Gasteiger partial charge in [0.25, 0.3) is 5.91 Å². The molecule has 7 heteroatoms. The van der Waals surface area contributed by atoms with Gasteiger partial charge in [0.2, 0.25) is 5.91 Å². The summed E-state index contributed by atoms with van der Waals surface area (Å²) >= 11 is 5.14. The van der Waals surface area contributed by atoms with Crippen molar-refractivity contribution in [2.24, 2.45) is 0 Å². The molecule has 0 spiro atoms. The van der Waals surface area contributed by atoms with Gasteiger partial charge in [-0.15, -0.1) is 0 Å². The quantitative estimate of drug-likeness (QED) is 0.526. The van der Waals surface area contributed by atoms with Gasteiger partial charge in [0.1, 0.15) is 5.82 Å². The molecule has 0 radical (unpaired) electrons. The zero-order valence-corrected chi connectivity index (χ0v) is 15.6. The molecule has 0 heterocycles. The second-order valence-corrected chi connectivity index (χ2v) is 6.04. The van der Waals surface area contributed by atoms with Crippen molar-refractivity contribution in [1.82, 2.24) is 10.6 Å². The average Bonchev–Trinajstić information content (AvgIpc) is 2.66. The summed E-state index contributed by atoms with van der Waals surface area (Å²) < 4.78 is 12.9. The van der Waals surface area contributed by atoms with Crippen molar-refractivity contribution in [3.05, 3.63) is 71.6 Å². The zero-order valence-electron chi connectivity index (χ0n) is 14.8. The van der Waals surface area contributed by atoms with Crippen LogP contribution in [0.3, 0.4) is 0 Å². The summed E-state index contributed by atoms with van der Waals surface area (Å²) in [7, 11) is 0. The summed E-state index contributed by atoms with van der Waals surface area (Å²) in [5.41, 5.74) is 1.62. The number of hydrogen-bond donors (Lipinski definition) is 3. The Kier molecular flexibility index (Phi) is 7.63. The molecule has 0 atom stereocenters. The number of rotatable bonds is 6. The molecule has 0 saturated carbocycles. The number of thiocarbonyl (C=S) groups is 1. The van der Waals surface area contributed by atoms with Crippen molar-refractivity contribution < 1.29 is 14.0 Å². The fourth-order valence-corrected chi connectivity index (χ4v) is 2.39. The van der Waals surface area contributed by atoms with Gasteiger partial charge in [0.15, 0.2) is 5.11 Å². The molecule has 0 aliphatic carbocycles. The minimum atomic E-state index is -0.440. The minimum absolute atomic E-state index is 0.0690. The highest BCUT2D eigenvalue weighted by Crippen LogP contribution is 2.14. The van der Waals surface area contributed by atoms with Crippen LogP contribution in [0.1, 0.15) is 29.3 Å². The Morgan fingerprint density at radius 3 is 2.52 bits per heavy atom. The lowest BCUT2D eigenvalue weighted by atomic mass is 10.1. The summed E-state index contributed by atoms with van der Waals surface area (Å²) in [6.07, 6.45) is 3.67. The Balaban J connectivity index is 1.96. The lowest BCUT2D eigenvalue weighted by molar-refractivity contribution is -0.115. The fraction of sp³-hybridized carbons (Fsp3) is 0.150. The largest absolute Gasteiger partial charge is 0.352 e. The second-order valence-electron chi connectivity index (χ2n) is 5.63. The van der Waals surface area contributed by atoms with Crippen LogP contribution in [0, 0.1) is 5.82 Å². The molecule has 0 saturated heterocycles. The van der Waals surface area contributed by atoms with E-state index in [0.717, 1.165) is 6.42 Å². The number of anilines is 1. The van der Waals surface area contributed by atoms with E-state index in [0.29, 0.717) is 23.4 Å². The molecule has 0 aliphatic heterocycles. The number of nitrogens with one attached hydrogen (secondary N) is 3. The van der Waals surface area contributed by atoms with Gasteiger partial charge in [-0.3, -0.25) is 14.9 Å². The topological polar surface area (TPSA) is 70.2 Å². The van der Waals surface area contributed by atoms with Gasteiger partial charge >= 0.3 is 0 Å². The van der Waals surface area contributed by atoms with E-state index in [2.05, 4.69) is 16.0 Å². The van der Waals surface area contributed by atoms with Gasteiger partial charge in [-0.2, -0.15) is 0 Å². The number of para-hydroxylation sites is 1. The molecule has 5 nitrogen and oxygen atoms in total. The van der Waals surface area contributed by atoms with Gasteiger partial charge in [-0.05, 0) is 54.5 Å². The normalized spacial score (nSPS) is 10.4. The number of amides is 2. The van der Waals surface area contributed by atoms with Crippen LogP contribution < -0.4 is 16.0 Å². The third-order valence-corrected chi connectivity index (χ3v) is 3.69. The molecule has 2 amide bonds. The maximum Gasteiger partial charge on any atom is 0.253 e. The Hall–Kier alpha value is -3.06. The fourth-order valence-electron chi connectivity index (χ4n) is 2.18. The first-order chi connectivity index (χ1) is 13.0. The Bertz CT molecular complexity index is 851. The van der Waals surface area contributed by atoms with Crippen LogP contribution in [0.25, 0.3) is 6.08 Å². The van der Waals surface area contributed by atoms with Gasteiger partial charge in [-0.25, -0.2) is 4.39 Å². The van der Waals surface area contributed by atoms with E-state index in [4.69, 9.17) is 12.2 Å². The molecule has 2 rings (SSSR count). The van der Waals surface area contributed by atoms with Gasteiger partial charge in [0, 0.05) is 12.6 Å². The van der Waals surface area contributed by atoms with Crippen LogP contribution in [-0.4, -0.2) is 23.5 Å². The van der Waals surface area contributed by atoms with Crippen LogP contribution >= 0.6 is 12.2 Å². The van der Waals surface area contributed by atoms with Crippen molar-refractivity contribution in [2.75, 3.05) is 11.9 Å². The zero-order chi connectivity index (χ0) is 19.6. The Labute approximate surface area is 162 Å². The van der Waals surface area contributed by atoms with Crippen molar-refractivity contribution in [2.45, 2.75) is 13.3 Å². The average molecular weight is 385 g/mol. The lowest BCUT2D eigenvalue weighted by Crippen LogP contribution is -2.34. The SMILES string of the molecule is CCCNC(=O)c1ccccc1NC(=S)NC(=O)C=Cc1ccc(F)cc1. The molecule has 0 bridgehead atoms. The van der Waals surface area contributed by atoms with Crippen LogP contribution in [0.4, 0.5) is 10.1 Å². The van der Waals surface area contributed by atoms with E-state index in [1.54, 1.807) is 42.5 Å². The van der Waals surface area contributed by atoms with E-state index < -0.39 is 5.91 Å². The molecular weight excluding hydrogens is 365 g/mol. The van der Waals surface area contributed by atoms with Crippen molar-refractivity contribution in [3.8, 4) is 0 Å². The maximum atomic E-state index is 12.9. The summed E-state index contributed by atoms with van der Waals surface area (Å²) in [5, 5.41) is 8.23. The third kappa shape index (κ3) is 6.63. The van der Waals surface area contributed by atoms with Crippen molar-refractivity contribution in [3.63, 3.8) is 0 Å². The predicted octanol–water partition coefficient (Wildman–Crippen LogP) is 3.49. The minimum Gasteiger partial charge on any atom is -0.352 e. The number of carbonyl (C=O) groups is 2. The van der Waals surface area contributed by atoms with Crippen molar-refractivity contribution >= 4 is 40.9 Å². The maximum absolute atomic E-state index is 12.9. The van der Waals surface area contributed by atoms with E-state index in [-0.39, 0.29) is 16.8 Å². The van der Waals surface area contributed by atoms with E-state index >= 15 is 0 Å². The highest BCUT2D eigenvalue weighted by Gasteiger charge is 2.11. The van der Waals surface area contributed by atoms with E-state index in [1.165, 1.54) is 18.2 Å². The molecule has 140 valence electrons. The Morgan fingerprint density at radius 1 is 1.11 bits per heavy atom. The summed E-state index contributed by atoms with van der Waals surface area (Å²) in [6, 6.07) is 12.6. The van der Waals surface area contributed by atoms with Crippen LogP contribution in [0.2, 0.25) is 0 Å². The number of carbonyl (C=O) groups excluding carboxylic acids is 2. The smallest absolute Gasteiger partial charge is 0.253 e. The monoisotopic (exact) mass is 385 g/mol. The standard InChI is InChI=1S/C20H20FN3O2S/c1-2-13-22-19(26)16-5-3-4-6-17(16)23-20(27)24-18(25)12-9-14-7-10-15(21)11-8-14/h3-12H,2,13H2,1H3,(H,22,26)(H2,23,24,25,27).